The van der Waals surface area contributed by atoms with E-state index in [-0.39, 0.29) is 25.0 Å². The molecule has 0 saturated heterocycles. The molecule has 0 aromatic heterocycles. The van der Waals surface area contributed by atoms with Crippen LogP contribution in [0.4, 0.5) is 0 Å². The van der Waals surface area contributed by atoms with Crippen LogP contribution in [-0.4, -0.2) is 6.10 Å². The molecule has 1 rings (SSSR count). The van der Waals surface area contributed by atoms with Crippen LogP contribution in [0.25, 0.3) is 0 Å². The van der Waals surface area contributed by atoms with Crippen molar-refractivity contribution in [2.75, 3.05) is 0 Å². The molecule has 1 fully saturated rings. The van der Waals surface area contributed by atoms with E-state index in [4.69, 9.17) is 0 Å². The van der Waals surface area contributed by atoms with E-state index in [0.717, 1.165) is 25.7 Å². The molecule has 1 aliphatic carbocycles. The molecule has 1 saturated carbocycles. The molecule has 0 N–H and O–H groups in total. The maximum absolute atomic E-state index is 11.5. The molecule has 2 heteroatoms. The summed E-state index contributed by atoms with van der Waals surface area (Å²) >= 11 is 0. The van der Waals surface area contributed by atoms with E-state index in [1.807, 2.05) is 6.92 Å². The van der Waals surface area contributed by atoms with Gasteiger partial charge in [-0.25, -0.2) is 0 Å². The molecule has 0 unspecified atom stereocenters. The van der Waals surface area contributed by atoms with Gasteiger partial charge in [-0.1, -0.05) is 38.3 Å². The summed E-state index contributed by atoms with van der Waals surface area (Å²) in [6.07, 6.45) is 3.89. The third-order valence-corrected chi connectivity index (χ3v) is 2.79. The quantitative estimate of drug-likeness (QED) is 0.392. The summed E-state index contributed by atoms with van der Waals surface area (Å²) in [6.45, 7) is 8.06. The van der Waals surface area contributed by atoms with Gasteiger partial charge in [0.25, 0.3) is 0 Å². The van der Waals surface area contributed by atoms with Gasteiger partial charge in [0.1, 0.15) is 0 Å². The third kappa shape index (κ3) is 3.89. The number of unbranched alkanes of at least 4 members (excludes halogenated alkanes) is 1. The standard InChI is InChI=1S/C11H19O.Li/c1-4-5-6-11(12)10-7-9(10)8(2)3;/h9-11H,2,4-7H2,1,3H3;/q-1;+1/t9-,10-,11+;/m1./s1. The average molecular weight is 174 g/mol. The Balaban J connectivity index is 0.00000144. The minimum atomic E-state index is -0.313. The molecule has 0 aliphatic heterocycles. The Morgan fingerprint density at radius 3 is 2.62 bits per heavy atom. The van der Waals surface area contributed by atoms with Crippen molar-refractivity contribution in [3.8, 4) is 0 Å². The summed E-state index contributed by atoms with van der Waals surface area (Å²) in [5.41, 5.74) is 1.21. The normalized spacial score (nSPS) is 27.6. The van der Waals surface area contributed by atoms with Crippen LogP contribution in [0.2, 0.25) is 0 Å². The number of allylic oxidation sites excluding steroid dienone is 1. The van der Waals surface area contributed by atoms with Gasteiger partial charge < -0.3 is 5.11 Å². The van der Waals surface area contributed by atoms with E-state index in [1.165, 1.54) is 5.57 Å². The minimum absolute atomic E-state index is 0. The van der Waals surface area contributed by atoms with Gasteiger partial charge in [0.05, 0.1) is 0 Å². The van der Waals surface area contributed by atoms with Crippen molar-refractivity contribution in [2.45, 2.75) is 45.6 Å². The molecular formula is C11H19LiO. The monoisotopic (exact) mass is 174 g/mol. The van der Waals surface area contributed by atoms with Crippen LogP contribution in [0.15, 0.2) is 12.2 Å². The van der Waals surface area contributed by atoms with Crippen LogP contribution in [0.5, 0.6) is 0 Å². The topological polar surface area (TPSA) is 23.1 Å². The Morgan fingerprint density at radius 1 is 1.62 bits per heavy atom. The van der Waals surface area contributed by atoms with Crippen molar-refractivity contribution < 1.29 is 24.0 Å². The second-order valence-electron chi connectivity index (χ2n) is 4.03. The van der Waals surface area contributed by atoms with E-state index < -0.39 is 0 Å². The Bertz CT molecular complexity index is 167. The van der Waals surface area contributed by atoms with Crippen LogP contribution in [0.3, 0.4) is 0 Å². The van der Waals surface area contributed by atoms with E-state index in [1.54, 1.807) is 0 Å². The van der Waals surface area contributed by atoms with Gasteiger partial charge in [-0.15, -0.1) is 6.10 Å². The molecule has 0 radical (unpaired) electrons. The fraction of sp³-hybridized carbons (Fsp3) is 0.818. The first-order valence-corrected chi connectivity index (χ1v) is 4.98. The van der Waals surface area contributed by atoms with Gasteiger partial charge in [0.2, 0.25) is 0 Å². The maximum atomic E-state index is 11.5. The Labute approximate surface area is 93.8 Å². The molecule has 0 bridgehead atoms. The van der Waals surface area contributed by atoms with Crippen LogP contribution in [0.1, 0.15) is 39.5 Å². The average Bonchev–Trinajstić information content (AvgIpc) is 2.78. The number of hydrogen-bond acceptors (Lipinski definition) is 1. The predicted molar refractivity (Wildman–Crippen MR) is 49.7 cm³/mol. The van der Waals surface area contributed by atoms with E-state index in [2.05, 4.69) is 13.5 Å². The van der Waals surface area contributed by atoms with Crippen LogP contribution in [-0.2, 0) is 0 Å². The van der Waals surface area contributed by atoms with Gasteiger partial charge in [0, 0.05) is 0 Å². The first kappa shape index (κ1) is 13.3. The molecule has 3 atom stereocenters. The van der Waals surface area contributed by atoms with Gasteiger partial charge in [-0.05, 0) is 25.2 Å². The minimum Gasteiger partial charge on any atom is -0.852 e. The fourth-order valence-corrected chi connectivity index (χ4v) is 1.81. The maximum Gasteiger partial charge on any atom is 1.00 e. The molecule has 13 heavy (non-hydrogen) atoms. The molecule has 1 nitrogen and oxygen atoms in total. The zero-order valence-corrected chi connectivity index (χ0v) is 9.18. The van der Waals surface area contributed by atoms with Crippen LogP contribution < -0.4 is 24.0 Å². The molecular weight excluding hydrogens is 155 g/mol. The number of rotatable bonds is 5. The number of hydrogen-bond donors (Lipinski definition) is 0. The molecule has 0 heterocycles. The van der Waals surface area contributed by atoms with Gasteiger partial charge in [-0.2, -0.15) is 0 Å². The molecule has 0 aromatic carbocycles. The SMILES string of the molecule is C=C(C)[C@H]1C[C@H]1[C@@H]([O-])CCCC.[Li+]. The van der Waals surface area contributed by atoms with Crippen molar-refractivity contribution in [3.63, 3.8) is 0 Å². The van der Waals surface area contributed by atoms with E-state index in [0.29, 0.717) is 11.8 Å². The van der Waals surface area contributed by atoms with Crippen molar-refractivity contribution in [3.05, 3.63) is 12.2 Å². The zero-order chi connectivity index (χ0) is 9.14. The Kier molecular flexibility index (Phi) is 6.04. The van der Waals surface area contributed by atoms with Crippen molar-refractivity contribution >= 4 is 0 Å². The van der Waals surface area contributed by atoms with E-state index in [9.17, 15) is 5.11 Å². The molecule has 1 aliphatic rings. The van der Waals surface area contributed by atoms with Crippen molar-refractivity contribution in [1.29, 1.82) is 0 Å². The van der Waals surface area contributed by atoms with Crippen LogP contribution in [0, 0.1) is 11.8 Å². The molecule has 0 amide bonds. The summed E-state index contributed by atoms with van der Waals surface area (Å²) in [5, 5.41) is 11.5. The molecule has 0 aromatic rings. The van der Waals surface area contributed by atoms with Crippen molar-refractivity contribution in [1.82, 2.24) is 0 Å². The Hall–Kier alpha value is 0.297. The summed E-state index contributed by atoms with van der Waals surface area (Å²) in [6, 6.07) is 0. The summed E-state index contributed by atoms with van der Waals surface area (Å²) in [4.78, 5) is 0. The first-order valence-electron chi connectivity index (χ1n) is 4.98. The third-order valence-electron chi connectivity index (χ3n) is 2.79. The van der Waals surface area contributed by atoms with Gasteiger partial charge in [-0.3, -0.25) is 0 Å². The van der Waals surface area contributed by atoms with E-state index >= 15 is 0 Å². The van der Waals surface area contributed by atoms with Crippen LogP contribution >= 0.6 is 0 Å². The molecule has 70 valence electrons. The molecule has 0 spiro atoms. The smallest absolute Gasteiger partial charge is 0.852 e. The summed E-state index contributed by atoms with van der Waals surface area (Å²) in [7, 11) is 0. The predicted octanol–water partition coefficient (Wildman–Crippen LogP) is -0.878. The fourth-order valence-electron chi connectivity index (χ4n) is 1.81. The summed E-state index contributed by atoms with van der Waals surface area (Å²) < 4.78 is 0. The first-order chi connectivity index (χ1) is 5.66. The van der Waals surface area contributed by atoms with Gasteiger partial charge >= 0.3 is 18.9 Å². The summed E-state index contributed by atoms with van der Waals surface area (Å²) in [5.74, 6) is 0.985. The van der Waals surface area contributed by atoms with Crippen molar-refractivity contribution in [2.24, 2.45) is 11.8 Å². The second kappa shape index (κ2) is 5.91. The largest absolute Gasteiger partial charge is 1.00 e. The zero-order valence-electron chi connectivity index (χ0n) is 9.18. The second-order valence-corrected chi connectivity index (χ2v) is 4.03. The van der Waals surface area contributed by atoms with Gasteiger partial charge in [0.15, 0.2) is 0 Å². The Morgan fingerprint density at radius 2 is 2.23 bits per heavy atom.